The van der Waals surface area contributed by atoms with E-state index in [4.69, 9.17) is 0 Å². The second kappa shape index (κ2) is 6.35. The van der Waals surface area contributed by atoms with Gasteiger partial charge >= 0.3 is 0 Å². The largest absolute Gasteiger partial charge is 0.304 e. The van der Waals surface area contributed by atoms with Crippen molar-refractivity contribution in [1.82, 2.24) is 19.8 Å². The van der Waals surface area contributed by atoms with Crippen LogP contribution in [0.25, 0.3) is 21.5 Å². The highest BCUT2D eigenvalue weighted by atomic mass is 32.1. The van der Waals surface area contributed by atoms with Crippen LogP contribution in [0.4, 0.5) is 0 Å². The first-order valence-electron chi connectivity index (χ1n) is 7.98. The van der Waals surface area contributed by atoms with Crippen molar-refractivity contribution in [3.63, 3.8) is 0 Å². The maximum atomic E-state index is 4.59. The standard InChI is InChI=1S/C18H20N4S/c1-21-7-9-22(10-8-21)12-14-4-2-3-5-15(14)17-18-16(6-11-23-18)19-13-20-17/h2-6,11,13H,7-10,12H2,1H3. The number of thiophene rings is 1. The van der Waals surface area contributed by atoms with Crippen LogP contribution in [0.5, 0.6) is 0 Å². The SMILES string of the molecule is CN1CCN(Cc2ccccc2-c2ncnc3ccsc23)CC1. The normalized spacial score (nSPS) is 16.9. The number of hydrogen-bond donors (Lipinski definition) is 0. The Morgan fingerprint density at radius 3 is 2.74 bits per heavy atom. The van der Waals surface area contributed by atoms with Gasteiger partial charge in [0, 0.05) is 38.3 Å². The lowest BCUT2D eigenvalue weighted by molar-refractivity contribution is 0.148. The van der Waals surface area contributed by atoms with E-state index in [0.29, 0.717) is 0 Å². The molecule has 1 aromatic carbocycles. The highest BCUT2D eigenvalue weighted by Crippen LogP contribution is 2.32. The smallest absolute Gasteiger partial charge is 0.116 e. The number of likely N-dealkylation sites (N-methyl/N-ethyl adjacent to an activating group) is 1. The predicted octanol–water partition coefficient (Wildman–Crippen LogP) is 3.11. The average Bonchev–Trinajstić information content (AvgIpc) is 3.06. The molecule has 0 atom stereocenters. The van der Waals surface area contributed by atoms with Gasteiger partial charge in [0.05, 0.1) is 15.9 Å². The van der Waals surface area contributed by atoms with Gasteiger partial charge in [-0.2, -0.15) is 0 Å². The summed E-state index contributed by atoms with van der Waals surface area (Å²) in [6.45, 7) is 5.53. The molecule has 5 heteroatoms. The molecule has 0 amide bonds. The Balaban J connectivity index is 1.68. The molecule has 0 aliphatic carbocycles. The number of benzene rings is 1. The van der Waals surface area contributed by atoms with Gasteiger partial charge in [0.2, 0.25) is 0 Å². The Hall–Kier alpha value is -1.82. The van der Waals surface area contributed by atoms with Crippen LogP contribution in [-0.2, 0) is 6.54 Å². The minimum Gasteiger partial charge on any atom is -0.304 e. The lowest BCUT2D eigenvalue weighted by atomic mass is 10.0. The van der Waals surface area contributed by atoms with E-state index in [9.17, 15) is 0 Å². The molecule has 0 radical (unpaired) electrons. The number of fused-ring (bicyclic) bond motifs is 1. The summed E-state index contributed by atoms with van der Waals surface area (Å²) in [6.07, 6.45) is 1.68. The fourth-order valence-corrected chi connectivity index (χ4v) is 3.97. The maximum absolute atomic E-state index is 4.59. The molecule has 0 N–H and O–H groups in total. The third kappa shape index (κ3) is 3.00. The highest BCUT2D eigenvalue weighted by Gasteiger charge is 2.17. The third-order valence-corrected chi connectivity index (χ3v) is 5.42. The minimum atomic E-state index is 0.987. The summed E-state index contributed by atoms with van der Waals surface area (Å²) in [5.74, 6) is 0. The van der Waals surface area contributed by atoms with Gasteiger partial charge < -0.3 is 4.90 Å². The van der Waals surface area contributed by atoms with Gasteiger partial charge in [-0.1, -0.05) is 24.3 Å². The monoisotopic (exact) mass is 324 g/mol. The summed E-state index contributed by atoms with van der Waals surface area (Å²) in [6, 6.07) is 10.7. The molecule has 1 fully saturated rings. The molecule has 3 aromatic rings. The van der Waals surface area contributed by atoms with Crippen molar-refractivity contribution in [2.45, 2.75) is 6.54 Å². The lowest BCUT2D eigenvalue weighted by Crippen LogP contribution is -2.43. The third-order valence-electron chi connectivity index (χ3n) is 4.51. The Bertz CT molecular complexity index is 805. The molecular formula is C18H20N4S. The molecule has 0 unspecified atom stereocenters. The number of aromatic nitrogens is 2. The Labute approximate surface area is 140 Å². The van der Waals surface area contributed by atoms with Gasteiger partial charge in [0.25, 0.3) is 0 Å². The van der Waals surface area contributed by atoms with Crippen molar-refractivity contribution in [2.24, 2.45) is 0 Å². The van der Waals surface area contributed by atoms with Crippen molar-refractivity contribution in [3.8, 4) is 11.3 Å². The van der Waals surface area contributed by atoms with E-state index in [2.05, 4.69) is 62.5 Å². The highest BCUT2D eigenvalue weighted by molar-refractivity contribution is 7.17. The molecule has 0 spiro atoms. The molecule has 3 heterocycles. The second-order valence-corrected chi connectivity index (χ2v) is 7.01. The summed E-state index contributed by atoms with van der Waals surface area (Å²) in [7, 11) is 2.19. The summed E-state index contributed by atoms with van der Waals surface area (Å²) in [5, 5.41) is 2.09. The van der Waals surface area contributed by atoms with E-state index in [1.165, 1.54) is 15.8 Å². The zero-order chi connectivity index (χ0) is 15.6. The van der Waals surface area contributed by atoms with Crippen LogP contribution >= 0.6 is 11.3 Å². The Morgan fingerprint density at radius 1 is 1.04 bits per heavy atom. The first-order valence-corrected chi connectivity index (χ1v) is 8.86. The van der Waals surface area contributed by atoms with Crippen molar-refractivity contribution in [1.29, 1.82) is 0 Å². The van der Waals surface area contributed by atoms with Crippen molar-refractivity contribution in [3.05, 3.63) is 47.6 Å². The van der Waals surface area contributed by atoms with Crippen LogP contribution < -0.4 is 0 Å². The number of rotatable bonds is 3. The minimum absolute atomic E-state index is 0.987. The van der Waals surface area contributed by atoms with E-state index in [1.807, 2.05) is 0 Å². The summed E-state index contributed by atoms with van der Waals surface area (Å²) in [4.78, 5) is 13.9. The molecule has 4 rings (SSSR count). The predicted molar refractivity (Wildman–Crippen MR) is 95.6 cm³/mol. The van der Waals surface area contributed by atoms with Crippen LogP contribution in [-0.4, -0.2) is 53.0 Å². The van der Waals surface area contributed by atoms with E-state index >= 15 is 0 Å². The maximum Gasteiger partial charge on any atom is 0.116 e. The van der Waals surface area contributed by atoms with Crippen molar-refractivity contribution < 1.29 is 0 Å². The van der Waals surface area contributed by atoms with E-state index in [1.54, 1.807) is 17.7 Å². The van der Waals surface area contributed by atoms with Gasteiger partial charge in [-0.3, -0.25) is 4.90 Å². The number of piperazine rings is 1. The Kier molecular flexibility index (Phi) is 4.08. The second-order valence-electron chi connectivity index (χ2n) is 6.09. The van der Waals surface area contributed by atoms with Crippen molar-refractivity contribution in [2.75, 3.05) is 33.2 Å². The molecule has 1 aliphatic rings. The molecule has 0 bridgehead atoms. The molecule has 1 aliphatic heterocycles. The van der Waals surface area contributed by atoms with E-state index < -0.39 is 0 Å². The van der Waals surface area contributed by atoms with Gasteiger partial charge in [-0.15, -0.1) is 11.3 Å². The average molecular weight is 324 g/mol. The van der Waals surface area contributed by atoms with Crippen LogP contribution in [0.1, 0.15) is 5.56 Å². The fraction of sp³-hybridized carbons (Fsp3) is 0.333. The molecule has 0 saturated carbocycles. The molecule has 4 nitrogen and oxygen atoms in total. The molecule has 118 valence electrons. The van der Waals surface area contributed by atoms with E-state index in [-0.39, 0.29) is 0 Å². The van der Waals surface area contributed by atoms with Gasteiger partial charge in [0.15, 0.2) is 0 Å². The summed E-state index contributed by atoms with van der Waals surface area (Å²) in [5.41, 5.74) is 4.69. The van der Waals surface area contributed by atoms with Gasteiger partial charge in [-0.05, 0) is 24.1 Å². The first-order chi connectivity index (χ1) is 11.3. The van der Waals surface area contributed by atoms with Crippen molar-refractivity contribution >= 4 is 21.6 Å². The van der Waals surface area contributed by atoms with Gasteiger partial charge in [0.1, 0.15) is 6.33 Å². The topological polar surface area (TPSA) is 32.3 Å². The van der Waals surface area contributed by atoms with Crippen LogP contribution in [0.2, 0.25) is 0 Å². The zero-order valence-corrected chi connectivity index (χ0v) is 14.1. The molecule has 1 saturated heterocycles. The quantitative estimate of drug-likeness (QED) is 0.741. The zero-order valence-electron chi connectivity index (χ0n) is 13.3. The molecule has 2 aromatic heterocycles. The fourth-order valence-electron chi connectivity index (χ4n) is 3.12. The number of hydrogen-bond acceptors (Lipinski definition) is 5. The van der Waals surface area contributed by atoms with Crippen LogP contribution in [0.3, 0.4) is 0 Å². The molecular weight excluding hydrogens is 304 g/mol. The first kappa shape index (κ1) is 14.8. The van der Waals surface area contributed by atoms with Crippen LogP contribution in [0.15, 0.2) is 42.0 Å². The van der Waals surface area contributed by atoms with E-state index in [0.717, 1.165) is 43.9 Å². The lowest BCUT2D eigenvalue weighted by Gasteiger charge is -2.32. The Morgan fingerprint density at radius 2 is 1.87 bits per heavy atom. The molecule has 23 heavy (non-hydrogen) atoms. The summed E-state index contributed by atoms with van der Waals surface area (Å²) < 4.78 is 1.18. The number of nitrogens with zero attached hydrogens (tertiary/aromatic N) is 4. The van der Waals surface area contributed by atoms with Gasteiger partial charge in [-0.25, -0.2) is 9.97 Å². The van der Waals surface area contributed by atoms with Crippen LogP contribution in [0, 0.1) is 0 Å². The summed E-state index contributed by atoms with van der Waals surface area (Å²) >= 11 is 1.72.